The molecule has 0 radical (unpaired) electrons. The lowest BCUT2D eigenvalue weighted by molar-refractivity contribution is 0.922. The Morgan fingerprint density at radius 2 is 1.88 bits per heavy atom. The minimum Gasteiger partial charge on any atom is -0.325 e. The first-order valence-electron chi connectivity index (χ1n) is 5.54. The monoisotopic (exact) mass is 228 g/mol. The van der Waals surface area contributed by atoms with Crippen molar-refractivity contribution in [1.29, 1.82) is 0 Å². The Hall–Kier alpha value is -1.94. The zero-order chi connectivity index (χ0) is 12.3. The lowest BCUT2D eigenvalue weighted by Crippen LogP contribution is -2.15. The van der Waals surface area contributed by atoms with Crippen LogP contribution in [0.15, 0.2) is 36.4 Å². The number of aryl methyl sites for hydroxylation is 1. The van der Waals surface area contributed by atoms with Gasteiger partial charge in [0.15, 0.2) is 0 Å². The number of aromatic nitrogens is 2. The Labute approximate surface area is 101 Å². The molecule has 2 rings (SSSR count). The van der Waals surface area contributed by atoms with Crippen molar-refractivity contribution in [2.24, 2.45) is 5.73 Å². The van der Waals surface area contributed by atoms with Gasteiger partial charge in [-0.2, -0.15) is 0 Å². The van der Waals surface area contributed by atoms with E-state index >= 15 is 0 Å². The molecule has 0 fully saturated rings. The van der Waals surface area contributed by atoms with E-state index in [9.17, 15) is 0 Å². The number of anilines is 2. The summed E-state index contributed by atoms with van der Waals surface area (Å²) in [5.41, 5.74) is 8.46. The smallest absolute Gasteiger partial charge is 0.230 e. The van der Waals surface area contributed by atoms with Crippen molar-refractivity contribution in [3.05, 3.63) is 47.8 Å². The lowest BCUT2D eigenvalue weighted by Gasteiger charge is -2.18. The molecular weight excluding hydrogens is 212 g/mol. The summed E-state index contributed by atoms with van der Waals surface area (Å²) >= 11 is 0. The molecule has 2 aromatic rings. The quantitative estimate of drug-likeness (QED) is 0.873. The van der Waals surface area contributed by atoms with Gasteiger partial charge in [0.2, 0.25) is 5.95 Å². The minimum absolute atomic E-state index is 0.430. The van der Waals surface area contributed by atoms with E-state index in [4.69, 9.17) is 5.73 Å². The number of nitrogens with two attached hydrogens (primary N) is 1. The van der Waals surface area contributed by atoms with Crippen LogP contribution in [0.4, 0.5) is 11.6 Å². The standard InChI is InChI=1S/C13H16N4/c1-10-8-11(9-14)16-13(15-10)17(2)12-6-4-3-5-7-12/h3-8H,9,14H2,1-2H3. The van der Waals surface area contributed by atoms with Gasteiger partial charge in [0.1, 0.15) is 0 Å². The van der Waals surface area contributed by atoms with Crippen LogP contribution in [0.2, 0.25) is 0 Å². The zero-order valence-electron chi connectivity index (χ0n) is 10.1. The van der Waals surface area contributed by atoms with E-state index < -0.39 is 0 Å². The van der Waals surface area contributed by atoms with E-state index in [2.05, 4.69) is 9.97 Å². The van der Waals surface area contributed by atoms with Gasteiger partial charge in [0, 0.05) is 25.0 Å². The summed E-state index contributed by atoms with van der Waals surface area (Å²) in [6.07, 6.45) is 0. The third-order valence-electron chi connectivity index (χ3n) is 2.55. The first-order chi connectivity index (χ1) is 8.20. The molecule has 88 valence electrons. The molecule has 4 nitrogen and oxygen atoms in total. The van der Waals surface area contributed by atoms with E-state index in [0.29, 0.717) is 12.5 Å². The molecule has 2 N–H and O–H groups in total. The molecule has 0 unspecified atom stereocenters. The Balaban J connectivity index is 2.37. The summed E-state index contributed by atoms with van der Waals surface area (Å²) in [6.45, 7) is 2.38. The zero-order valence-corrected chi connectivity index (χ0v) is 10.1. The molecule has 0 bridgehead atoms. The van der Waals surface area contributed by atoms with E-state index in [0.717, 1.165) is 17.1 Å². The third-order valence-corrected chi connectivity index (χ3v) is 2.55. The molecule has 0 aliphatic rings. The number of rotatable bonds is 3. The lowest BCUT2D eigenvalue weighted by atomic mass is 10.3. The fraction of sp³-hybridized carbons (Fsp3) is 0.231. The molecule has 17 heavy (non-hydrogen) atoms. The van der Waals surface area contributed by atoms with Crippen LogP contribution in [0.1, 0.15) is 11.4 Å². The van der Waals surface area contributed by atoms with Crippen LogP contribution in [0.3, 0.4) is 0 Å². The van der Waals surface area contributed by atoms with E-state index in [1.54, 1.807) is 0 Å². The number of nitrogens with zero attached hydrogens (tertiary/aromatic N) is 3. The molecule has 0 aliphatic carbocycles. The second kappa shape index (κ2) is 4.93. The van der Waals surface area contributed by atoms with Crippen LogP contribution in [0.5, 0.6) is 0 Å². The molecule has 0 aliphatic heterocycles. The highest BCUT2D eigenvalue weighted by atomic mass is 15.2. The fourth-order valence-electron chi connectivity index (χ4n) is 1.64. The summed E-state index contributed by atoms with van der Waals surface area (Å²) < 4.78 is 0. The van der Waals surface area contributed by atoms with Gasteiger partial charge in [0.25, 0.3) is 0 Å². The van der Waals surface area contributed by atoms with Crippen molar-refractivity contribution in [2.45, 2.75) is 13.5 Å². The Morgan fingerprint density at radius 1 is 1.18 bits per heavy atom. The molecule has 0 atom stereocenters. The highest BCUT2D eigenvalue weighted by Gasteiger charge is 2.08. The molecule has 0 amide bonds. The number of para-hydroxylation sites is 1. The van der Waals surface area contributed by atoms with Gasteiger partial charge in [-0.25, -0.2) is 9.97 Å². The predicted molar refractivity (Wildman–Crippen MR) is 69.2 cm³/mol. The van der Waals surface area contributed by atoms with Gasteiger partial charge in [-0.05, 0) is 25.1 Å². The molecule has 1 aromatic carbocycles. The fourth-order valence-corrected chi connectivity index (χ4v) is 1.64. The molecule has 0 saturated carbocycles. The number of benzene rings is 1. The SMILES string of the molecule is Cc1cc(CN)nc(N(C)c2ccccc2)n1. The summed E-state index contributed by atoms with van der Waals surface area (Å²) in [4.78, 5) is 10.8. The Kier molecular flexibility index (Phi) is 3.35. The van der Waals surface area contributed by atoms with E-state index in [1.165, 1.54) is 0 Å². The maximum absolute atomic E-state index is 5.62. The molecule has 1 heterocycles. The van der Waals surface area contributed by atoms with Crippen LogP contribution in [0.25, 0.3) is 0 Å². The topological polar surface area (TPSA) is 55.0 Å². The largest absolute Gasteiger partial charge is 0.325 e. The van der Waals surface area contributed by atoms with Crippen LogP contribution >= 0.6 is 0 Å². The highest BCUT2D eigenvalue weighted by Crippen LogP contribution is 2.19. The molecular formula is C13H16N4. The van der Waals surface area contributed by atoms with Gasteiger partial charge in [0.05, 0.1) is 5.69 Å². The number of hydrogen-bond donors (Lipinski definition) is 1. The van der Waals surface area contributed by atoms with Crippen molar-refractivity contribution in [3.8, 4) is 0 Å². The van der Waals surface area contributed by atoms with Gasteiger partial charge in [-0.3, -0.25) is 0 Å². The maximum atomic E-state index is 5.62. The second-order valence-corrected chi connectivity index (χ2v) is 3.90. The molecule has 4 heteroatoms. The Bertz CT molecular complexity index is 496. The third kappa shape index (κ3) is 2.60. The normalized spacial score (nSPS) is 10.3. The predicted octanol–water partition coefficient (Wildman–Crippen LogP) is 2.01. The average Bonchev–Trinajstić information content (AvgIpc) is 2.38. The van der Waals surface area contributed by atoms with Gasteiger partial charge >= 0.3 is 0 Å². The average molecular weight is 228 g/mol. The molecule has 1 aromatic heterocycles. The number of hydrogen-bond acceptors (Lipinski definition) is 4. The van der Waals surface area contributed by atoms with Crippen LogP contribution in [0, 0.1) is 6.92 Å². The van der Waals surface area contributed by atoms with Gasteiger partial charge in [-0.15, -0.1) is 0 Å². The van der Waals surface area contributed by atoms with Crippen molar-refractivity contribution in [1.82, 2.24) is 9.97 Å². The second-order valence-electron chi connectivity index (χ2n) is 3.90. The Morgan fingerprint density at radius 3 is 2.53 bits per heavy atom. The molecule has 0 saturated heterocycles. The summed E-state index contributed by atoms with van der Waals surface area (Å²) in [5, 5.41) is 0. The van der Waals surface area contributed by atoms with Gasteiger partial charge in [-0.1, -0.05) is 18.2 Å². The molecule has 0 spiro atoms. The van der Waals surface area contributed by atoms with Gasteiger partial charge < -0.3 is 10.6 Å². The van der Waals surface area contributed by atoms with E-state index in [-0.39, 0.29) is 0 Å². The first-order valence-corrected chi connectivity index (χ1v) is 5.54. The van der Waals surface area contributed by atoms with Crippen molar-refractivity contribution in [2.75, 3.05) is 11.9 Å². The summed E-state index contributed by atoms with van der Waals surface area (Å²) in [7, 11) is 1.95. The summed E-state index contributed by atoms with van der Waals surface area (Å²) in [5.74, 6) is 0.677. The minimum atomic E-state index is 0.430. The van der Waals surface area contributed by atoms with Crippen LogP contribution in [-0.4, -0.2) is 17.0 Å². The first kappa shape index (κ1) is 11.5. The highest BCUT2D eigenvalue weighted by molar-refractivity contribution is 5.56. The summed E-state index contributed by atoms with van der Waals surface area (Å²) in [6, 6.07) is 11.9. The van der Waals surface area contributed by atoms with Crippen molar-refractivity contribution >= 4 is 11.6 Å². The van der Waals surface area contributed by atoms with Crippen molar-refractivity contribution in [3.63, 3.8) is 0 Å². The maximum Gasteiger partial charge on any atom is 0.230 e. The van der Waals surface area contributed by atoms with Crippen LogP contribution < -0.4 is 10.6 Å². The van der Waals surface area contributed by atoms with Crippen LogP contribution in [-0.2, 0) is 6.54 Å². The van der Waals surface area contributed by atoms with E-state index in [1.807, 2.05) is 55.3 Å². The van der Waals surface area contributed by atoms with Crippen molar-refractivity contribution < 1.29 is 0 Å².